The van der Waals surface area contributed by atoms with Gasteiger partial charge in [0.1, 0.15) is 17.2 Å². The van der Waals surface area contributed by atoms with Crippen LogP contribution in [0.1, 0.15) is 27.2 Å². The second-order valence-corrected chi connectivity index (χ2v) is 6.39. The first-order valence-electron chi connectivity index (χ1n) is 5.98. The Morgan fingerprint density at radius 2 is 1.68 bits per heavy atom. The van der Waals surface area contributed by atoms with Crippen LogP contribution in [-0.4, -0.2) is 20.1 Å². The molecule has 0 unspecified atom stereocenters. The van der Waals surface area contributed by atoms with Crippen molar-refractivity contribution in [3.8, 4) is 11.5 Å². The molecule has 1 aromatic carbocycles. The van der Waals surface area contributed by atoms with E-state index in [4.69, 9.17) is 9.47 Å². The molecule has 0 bridgehead atoms. The lowest BCUT2D eigenvalue weighted by molar-refractivity contribution is -0.117. The van der Waals surface area contributed by atoms with Gasteiger partial charge in [0, 0.05) is 10.9 Å². The molecule has 5 heteroatoms. The zero-order valence-electron chi connectivity index (χ0n) is 12.0. The molecule has 0 atom stereocenters. The van der Waals surface area contributed by atoms with E-state index in [1.54, 1.807) is 26.4 Å². The van der Waals surface area contributed by atoms with Crippen molar-refractivity contribution in [2.45, 2.75) is 27.2 Å². The lowest BCUT2D eigenvalue weighted by Crippen LogP contribution is -2.20. The topological polar surface area (TPSA) is 47.6 Å². The van der Waals surface area contributed by atoms with Crippen LogP contribution < -0.4 is 14.8 Å². The van der Waals surface area contributed by atoms with E-state index in [0.717, 1.165) is 4.47 Å². The van der Waals surface area contributed by atoms with E-state index in [0.29, 0.717) is 23.6 Å². The summed E-state index contributed by atoms with van der Waals surface area (Å²) in [6, 6.07) is 3.57. The predicted octanol–water partition coefficient (Wildman–Crippen LogP) is 3.84. The molecule has 0 saturated carbocycles. The average Bonchev–Trinajstić information content (AvgIpc) is 2.28. The Balaban J connectivity index is 3.02. The SMILES string of the molecule is COc1cc(Br)cc(OC)c1NC(=O)CC(C)(C)C. The molecule has 19 heavy (non-hydrogen) atoms. The smallest absolute Gasteiger partial charge is 0.225 e. The number of hydrogen-bond acceptors (Lipinski definition) is 3. The summed E-state index contributed by atoms with van der Waals surface area (Å²) in [5, 5.41) is 2.85. The van der Waals surface area contributed by atoms with Gasteiger partial charge in [0.25, 0.3) is 0 Å². The molecular formula is C14H20BrNO3. The van der Waals surface area contributed by atoms with E-state index < -0.39 is 0 Å². The van der Waals surface area contributed by atoms with Crippen molar-refractivity contribution in [3.05, 3.63) is 16.6 Å². The van der Waals surface area contributed by atoms with E-state index in [9.17, 15) is 4.79 Å². The largest absolute Gasteiger partial charge is 0.494 e. The number of hydrogen-bond donors (Lipinski definition) is 1. The van der Waals surface area contributed by atoms with Gasteiger partial charge in [0.15, 0.2) is 0 Å². The van der Waals surface area contributed by atoms with E-state index in [-0.39, 0.29) is 11.3 Å². The minimum atomic E-state index is -0.0695. The molecule has 0 radical (unpaired) electrons. The molecule has 0 aliphatic carbocycles. The Hall–Kier alpha value is -1.23. The van der Waals surface area contributed by atoms with E-state index in [1.807, 2.05) is 20.8 Å². The van der Waals surface area contributed by atoms with Gasteiger partial charge in [-0.15, -0.1) is 0 Å². The molecular weight excluding hydrogens is 310 g/mol. The van der Waals surface area contributed by atoms with Gasteiger partial charge in [-0.1, -0.05) is 36.7 Å². The molecule has 4 nitrogen and oxygen atoms in total. The zero-order chi connectivity index (χ0) is 14.6. The number of amides is 1. The summed E-state index contributed by atoms with van der Waals surface area (Å²) >= 11 is 3.37. The highest BCUT2D eigenvalue weighted by Crippen LogP contribution is 2.38. The third-order valence-electron chi connectivity index (χ3n) is 2.43. The van der Waals surface area contributed by atoms with Crippen molar-refractivity contribution >= 4 is 27.5 Å². The number of anilines is 1. The van der Waals surface area contributed by atoms with Gasteiger partial charge < -0.3 is 14.8 Å². The maximum atomic E-state index is 12.0. The number of rotatable bonds is 4. The maximum Gasteiger partial charge on any atom is 0.225 e. The highest BCUT2D eigenvalue weighted by Gasteiger charge is 2.19. The van der Waals surface area contributed by atoms with Crippen molar-refractivity contribution in [1.82, 2.24) is 0 Å². The van der Waals surface area contributed by atoms with Crippen LogP contribution in [-0.2, 0) is 4.79 Å². The van der Waals surface area contributed by atoms with Crippen LogP contribution in [0.25, 0.3) is 0 Å². The van der Waals surface area contributed by atoms with Crippen LogP contribution in [0.15, 0.2) is 16.6 Å². The monoisotopic (exact) mass is 329 g/mol. The van der Waals surface area contributed by atoms with Gasteiger partial charge in [-0.25, -0.2) is 0 Å². The van der Waals surface area contributed by atoms with Crippen molar-refractivity contribution in [1.29, 1.82) is 0 Å². The molecule has 0 aliphatic heterocycles. The van der Waals surface area contributed by atoms with Crippen LogP contribution in [0.3, 0.4) is 0 Å². The van der Waals surface area contributed by atoms with Crippen LogP contribution in [0, 0.1) is 5.41 Å². The lowest BCUT2D eigenvalue weighted by Gasteiger charge is -2.19. The number of ether oxygens (including phenoxy) is 2. The first kappa shape index (κ1) is 15.8. The van der Waals surface area contributed by atoms with Crippen molar-refractivity contribution < 1.29 is 14.3 Å². The summed E-state index contributed by atoms with van der Waals surface area (Å²) in [6.07, 6.45) is 0.426. The van der Waals surface area contributed by atoms with E-state index in [2.05, 4.69) is 21.2 Å². The molecule has 1 N–H and O–H groups in total. The van der Waals surface area contributed by atoms with E-state index in [1.165, 1.54) is 0 Å². The summed E-state index contributed by atoms with van der Waals surface area (Å²) in [6.45, 7) is 6.05. The van der Waals surface area contributed by atoms with Crippen molar-refractivity contribution in [3.63, 3.8) is 0 Å². The second-order valence-electron chi connectivity index (χ2n) is 5.47. The molecule has 0 aromatic heterocycles. The first-order chi connectivity index (χ1) is 8.76. The van der Waals surface area contributed by atoms with Gasteiger partial charge in [0.05, 0.1) is 14.2 Å². The van der Waals surface area contributed by atoms with E-state index >= 15 is 0 Å². The Morgan fingerprint density at radius 3 is 2.05 bits per heavy atom. The third-order valence-corrected chi connectivity index (χ3v) is 2.88. The van der Waals surface area contributed by atoms with Crippen LogP contribution >= 0.6 is 15.9 Å². The van der Waals surface area contributed by atoms with Crippen LogP contribution in [0.4, 0.5) is 5.69 Å². The second kappa shape index (κ2) is 6.28. The minimum Gasteiger partial charge on any atom is -0.494 e. The fourth-order valence-corrected chi connectivity index (χ4v) is 2.08. The fourth-order valence-electron chi connectivity index (χ4n) is 1.67. The first-order valence-corrected chi connectivity index (χ1v) is 6.77. The maximum absolute atomic E-state index is 12.0. The molecule has 0 heterocycles. The highest BCUT2D eigenvalue weighted by atomic mass is 79.9. The number of carbonyl (C=O) groups excluding carboxylic acids is 1. The lowest BCUT2D eigenvalue weighted by atomic mass is 9.92. The Bertz CT molecular complexity index is 441. The van der Waals surface area contributed by atoms with Gasteiger partial charge in [0.2, 0.25) is 5.91 Å². The molecule has 1 aromatic rings. The zero-order valence-corrected chi connectivity index (χ0v) is 13.6. The summed E-state index contributed by atoms with van der Waals surface area (Å²) in [7, 11) is 3.11. The third kappa shape index (κ3) is 4.74. The Kier molecular flexibility index (Phi) is 5.23. The van der Waals surface area contributed by atoms with Crippen LogP contribution in [0.2, 0.25) is 0 Å². The number of carbonyl (C=O) groups is 1. The van der Waals surface area contributed by atoms with Gasteiger partial charge in [-0.3, -0.25) is 4.79 Å². The normalized spacial score (nSPS) is 11.1. The van der Waals surface area contributed by atoms with Gasteiger partial charge in [-0.05, 0) is 17.5 Å². The molecule has 0 fully saturated rings. The van der Waals surface area contributed by atoms with Gasteiger partial charge >= 0.3 is 0 Å². The number of benzene rings is 1. The van der Waals surface area contributed by atoms with Crippen molar-refractivity contribution in [2.75, 3.05) is 19.5 Å². The predicted molar refractivity (Wildman–Crippen MR) is 79.9 cm³/mol. The molecule has 0 spiro atoms. The molecule has 0 saturated heterocycles. The fraction of sp³-hybridized carbons (Fsp3) is 0.500. The summed E-state index contributed by atoms with van der Waals surface area (Å²) < 4.78 is 11.4. The summed E-state index contributed by atoms with van der Waals surface area (Å²) in [5.41, 5.74) is 0.488. The Morgan fingerprint density at radius 1 is 1.21 bits per heavy atom. The molecule has 106 valence electrons. The Labute approximate surface area is 122 Å². The summed E-state index contributed by atoms with van der Waals surface area (Å²) in [5.74, 6) is 1.06. The average molecular weight is 330 g/mol. The van der Waals surface area contributed by atoms with Crippen molar-refractivity contribution in [2.24, 2.45) is 5.41 Å². The summed E-state index contributed by atoms with van der Waals surface area (Å²) in [4.78, 5) is 12.0. The molecule has 0 aliphatic rings. The number of halogens is 1. The highest BCUT2D eigenvalue weighted by molar-refractivity contribution is 9.10. The number of methoxy groups -OCH3 is 2. The quantitative estimate of drug-likeness (QED) is 0.912. The van der Waals surface area contributed by atoms with Crippen LogP contribution in [0.5, 0.6) is 11.5 Å². The standard InChI is InChI=1S/C14H20BrNO3/c1-14(2,3)8-12(17)16-13-10(18-4)6-9(15)7-11(13)19-5/h6-7H,8H2,1-5H3,(H,16,17). The minimum absolute atomic E-state index is 0.0635. The molecule has 1 amide bonds. The van der Waals surface area contributed by atoms with Gasteiger partial charge in [-0.2, -0.15) is 0 Å². The number of nitrogens with one attached hydrogen (secondary N) is 1. The molecule has 1 rings (SSSR count).